The molecule has 11 heteroatoms. The Balaban J connectivity index is 2.18. The molecule has 0 aliphatic carbocycles. The van der Waals surface area contributed by atoms with Crippen molar-refractivity contribution in [3.05, 3.63) is 35.9 Å². The Morgan fingerprint density at radius 2 is 1.61 bits per heavy atom. The highest BCUT2D eigenvalue weighted by atomic mass is 16.6. The minimum atomic E-state index is -1.16. The van der Waals surface area contributed by atoms with Crippen LogP contribution in [0.2, 0.25) is 0 Å². The molecule has 1 aromatic rings. The largest absolute Gasteiger partial charge is 0.497 e. The Hall–Kier alpha value is -3.44. The van der Waals surface area contributed by atoms with Gasteiger partial charge in [0.1, 0.15) is 24.7 Å². The number of rotatable bonds is 8. The van der Waals surface area contributed by atoms with Crippen LogP contribution < -0.4 is 15.8 Å². The molecule has 2 rings (SSSR count). The summed E-state index contributed by atoms with van der Waals surface area (Å²) in [5.74, 6) is -1.81. The first-order valence-corrected chi connectivity index (χ1v) is 10.1. The average molecular weight is 464 g/mol. The van der Waals surface area contributed by atoms with E-state index in [1.165, 1.54) is 19.9 Å². The Bertz CT molecular complexity index is 884. The molecule has 11 nitrogen and oxygen atoms in total. The van der Waals surface area contributed by atoms with Gasteiger partial charge in [-0.05, 0) is 23.8 Å². The topological polar surface area (TPSA) is 152 Å². The number of esters is 3. The van der Waals surface area contributed by atoms with Crippen molar-refractivity contribution in [3.63, 3.8) is 0 Å². The number of hydrogen-bond donors (Lipinski definition) is 2. The van der Waals surface area contributed by atoms with Gasteiger partial charge in [-0.25, -0.2) is 0 Å². The summed E-state index contributed by atoms with van der Waals surface area (Å²) < 4.78 is 26.4. The second-order valence-corrected chi connectivity index (χ2v) is 7.24. The Morgan fingerprint density at radius 1 is 1.00 bits per heavy atom. The third-order valence-electron chi connectivity index (χ3n) is 4.62. The van der Waals surface area contributed by atoms with E-state index in [1.807, 2.05) is 0 Å². The SMILES string of the molecule is COc1ccc(/C=C/C(=O)N[C@@H]2O[C@H](COC(C)=O)[C@H](OC(C)=O)[C@H](OC(C)=O)[C@H]2N)cc1. The van der Waals surface area contributed by atoms with Crippen LogP contribution in [0, 0.1) is 0 Å². The van der Waals surface area contributed by atoms with Gasteiger partial charge in [-0.3, -0.25) is 19.2 Å². The second kappa shape index (κ2) is 12.0. The average Bonchev–Trinajstić information content (AvgIpc) is 2.75. The lowest BCUT2D eigenvalue weighted by atomic mass is 9.96. The summed E-state index contributed by atoms with van der Waals surface area (Å²) in [6.07, 6.45) is -1.63. The van der Waals surface area contributed by atoms with Crippen LogP contribution in [0.4, 0.5) is 0 Å². The van der Waals surface area contributed by atoms with Gasteiger partial charge in [0, 0.05) is 26.8 Å². The molecule has 1 aliphatic rings. The van der Waals surface area contributed by atoms with Crippen LogP contribution >= 0.6 is 0 Å². The number of amides is 1. The predicted octanol–water partition coefficient (Wildman–Crippen LogP) is 0.303. The van der Waals surface area contributed by atoms with E-state index >= 15 is 0 Å². The van der Waals surface area contributed by atoms with E-state index in [9.17, 15) is 19.2 Å². The zero-order valence-corrected chi connectivity index (χ0v) is 18.8. The standard InChI is InChI=1S/C22H28N2O9/c1-12(25)30-11-17-20(31-13(2)26)21(32-14(3)27)19(23)22(33-17)24-18(28)10-7-15-5-8-16(29-4)9-6-15/h5-10,17,19-22H,11,23H2,1-4H3,(H,24,28)/b10-7+/t17-,19-,20+,21-,22-/m1/s1. The van der Waals surface area contributed by atoms with Gasteiger partial charge in [0.2, 0.25) is 5.91 Å². The molecule has 1 amide bonds. The van der Waals surface area contributed by atoms with Crippen molar-refractivity contribution in [1.82, 2.24) is 5.32 Å². The molecule has 180 valence electrons. The van der Waals surface area contributed by atoms with E-state index < -0.39 is 54.4 Å². The first kappa shape index (κ1) is 25.8. The van der Waals surface area contributed by atoms with E-state index in [4.69, 9.17) is 29.4 Å². The number of ether oxygens (including phenoxy) is 5. The molecule has 1 fully saturated rings. The summed E-state index contributed by atoms with van der Waals surface area (Å²) in [7, 11) is 1.55. The predicted molar refractivity (Wildman–Crippen MR) is 115 cm³/mol. The maximum atomic E-state index is 12.5. The van der Waals surface area contributed by atoms with Crippen LogP contribution in [0.1, 0.15) is 26.3 Å². The van der Waals surface area contributed by atoms with Gasteiger partial charge in [-0.15, -0.1) is 0 Å². The third-order valence-corrected chi connectivity index (χ3v) is 4.62. The monoisotopic (exact) mass is 464 g/mol. The van der Waals surface area contributed by atoms with E-state index in [2.05, 4.69) is 5.32 Å². The van der Waals surface area contributed by atoms with Crippen LogP contribution in [0.3, 0.4) is 0 Å². The summed E-state index contributed by atoms with van der Waals surface area (Å²) in [5.41, 5.74) is 6.94. The van der Waals surface area contributed by atoms with Gasteiger partial charge in [0.15, 0.2) is 12.2 Å². The number of nitrogens with two attached hydrogens (primary N) is 1. The number of nitrogens with one attached hydrogen (secondary N) is 1. The first-order valence-electron chi connectivity index (χ1n) is 10.1. The van der Waals surface area contributed by atoms with Crippen LogP contribution in [-0.2, 0) is 38.1 Å². The molecule has 0 radical (unpaired) electrons. The quantitative estimate of drug-likeness (QED) is 0.312. The van der Waals surface area contributed by atoms with Crippen molar-refractivity contribution in [3.8, 4) is 5.75 Å². The summed E-state index contributed by atoms with van der Waals surface area (Å²) in [4.78, 5) is 47.0. The van der Waals surface area contributed by atoms with Gasteiger partial charge < -0.3 is 34.7 Å². The molecule has 1 aromatic carbocycles. The molecule has 1 saturated heterocycles. The molecule has 1 aliphatic heterocycles. The fraction of sp³-hybridized carbons (Fsp3) is 0.455. The van der Waals surface area contributed by atoms with Crippen molar-refractivity contribution in [2.24, 2.45) is 5.73 Å². The fourth-order valence-electron chi connectivity index (χ4n) is 3.17. The lowest BCUT2D eigenvalue weighted by Gasteiger charge is -2.43. The van der Waals surface area contributed by atoms with Crippen molar-refractivity contribution < 1.29 is 42.9 Å². The van der Waals surface area contributed by atoms with Gasteiger partial charge >= 0.3 is 17.9 Å². The van der Waals surface area contributed by atoms with Crippen LogP contribution in [-0.4, -0.2) is 68.1 Å². The highest BCUT2D eigenvalue weighted by molar-refractivity contribution is 5.91. The van der Waals surface area contributed by atoms with E-state index in [0.717, 1.165) is 12.5 Å². The molecular weight excluding hydrogens is 436 g/mol. The fourth-order valence-corrected chi connectivity index (χ4v) is 3.17. The molecule has 1 heterocycles. The number of benzene rings is 1. The van der Waals surface area contributed by atoms with Gasteiger partial charge in [0.25, 0.3) is 0 Å². The zero-order valence-electron chi connectivity index (χ0n) is 18.8. The normalized spacial score (nSPS) is 24.6. The number of carbonyl (C=O) groups is 4. The Kier molecular flexibility index (Phi) is 9.37. The minimum absolute atomic E-state index is 0.314. The Morgan fingerprint density at radius 3 is 2.15 bits per heavy atom. The van der Waals surface area contributed by atoms with Crippen molar-refractivity contribution in [2.45, 2.75) is 51.4 Å². The zero-order chi connectivity index (χ0) is 24.5. The molecule has 33 heavy (non-hydrogen) atoms. The molecule has 0 saturated carbocycles. The summed E-state index contributed by atoms with van der Waals surface area (Å²) >= 11 is 0. The third kappa shape index (κ3) is 7.88. The molecule has 0 spiro atoms. The maximum Gasteiger partial charge on any atom is 0.303 e. The van der Waals surface area contributed by atoms with Crippen molar-refractivity contribution >= 4 is 29.9 Å². The van der Waals surface area contributed by atoms with Gasteiger partial charge in [-0.1, -0.05) is 12.1 Å². The highest BCUT2D eigenvalue weighted by Crippen LogP contribution is 2.25. The molecule has 0 unspecified atom stereocenters. The summed E-state index contributed by atoms with van der Waals surface area (Å²) in [5, 5.41) is 2.59. The van der Waals surface area contributed by atoms with E-state index in [-0.39, 0.29) is 6.61 Å². The van der Waals surface area contributed by atoms with Gasteiger partial charge in [-0.2, -0.15) is 0 Å². The molecule has 3 N–H and O–H groups in total. The lowest BCUT2D eigenvalue weighted by molar-refractivity contribution is -0.224. The number of methoxy groups -OCH3 is 1. The maximum absolute atomic E-state index is 12.5. The molecule has 5 atom stereocenters. The molecular formula is C22H28N2O9. The van der Waals surface area contributed by atoms with Crippen LogP contribution in [0.15, 0.2) is 30.3 Å². The highest BCUT2D eigenvalue weighted by Gasteiger charge is 2.49. The van der Waals surface area contributed by atoms with Gasteiger partial charge in [0.05, 0.1) is 13.2 Å². The van der Waals surface area contributed by atoms with E-state index in [0.29, 0.717) is 5.75 Å². The second-order valence-electron chi connectivity index (χ2n) is 7.24. The van der Waals surface area contributed by atoms with Crippen LogP contribution in [0.25, 0.3) is 6.08 Å². The number of carbonyl (C=O) groups excluding carboxylic acids is 4. The first-order chi connectivity index (χ1) is 15.6. The molecule has 0 aromatic heterocycles. The van der Waals surface area contributed by atoms with E-state index in [1.54, 1.807) is 37.5 Å². The summed E-state index contributed by atoms with van der Waals surface area (Å²) in [6, 6.07) is 5.94. The van der Waals surface area contributed by atoms with Crippen LogP contribution in [0.5, 0.6) is 5.75 Å². The molecule has 0 bridgehead atoms. The number of hydrogen-bond acceptors (Lipinski definition) is 10. The minimum Gasteiger partial charge on any atom is -0.497 e. The van der Waals surface area contributed by atoms with Crippen molar-refractivity contribution in [1.29, 1.82) is 0 Å². The van der Waals surface area contributed by atoms with Crippen molar-refractivity contribution in [2.75, 3.05) is 13.7 Å². The lowest BCUT2D eigenvalue weighted by Crippen LogP contribution is -2.68. The Labute approximate surface area is 191 Å². The summed E-state index contributed by atoms with van der Waals surface area (Å²) in [6.45, 7) is 3.21. The smallest absolute Gasteiger partial charge is 0.303 e.